The molecule has 0 bridgehead atoms. The van der Waals surface area contributed by atoms with Crippen molar-refractivity contribution < 1.29 is 0 Å². The molecule has 1 unspecified atom stereocenters. The summed E-state index contributed by atoms with van der Waals surface area (Å²) >= 11 is 4.06. The van der Waals surface area contributed by atoms with E-state index in [9.17, 15) is 0 Å². The summed E-state index contributed by atoms with van der Waals surface area (Å²) in [6.07, 6.45) is 3.48. The van der Waals surface area contributed by atoms with Crippen LogP contribution in [0.4, 0.5) is 0 Å². The number of hydrogen-bond acceptors (Lipinski definition) is 4. The van der Waals surface area contributed by atoms with Crippen LogP contribution >= 0.6 is 22.5 Å². The van der Waals surface area contributed by atoms with Gasteiger partial charge in [-0.3, -0.25) is 0 Å². The van der Waals surface area contributed by atoms with Gasteiger partial charge in [0.2, 0.25) is 0 Å². The minimum atomic E-state index is 0.268. The summed E-state index contributed by atoms with van der Waals surface area (Å²) in [5.41, 5.74) is 0. The van der Waals surface area contributed by atoms with Crippen molar-refractivity contribution in [2.45, 2.75) is 12.2 Å². The van der Waals surface area contributed by atoms with Gasteiger partial charge in [0.05, 0.1) is 5.25 Å². The van der Waals surface area contributed by atoms with Gasteiger partial charge in [0.15, 0.2) is 0 Å². The summed E-state index contributed by atoms with van der Waals surface area (Å²) in [5, 5.41) is 0.268. The van der Waals surface area contributed by atoms with Crippen molar-refractivity contribution >= 4 is 22.5 Å². The monoisotopic (exact) mass is 172 g/mol. The molecule has 4 heteroatoms. The molecule has 1 heterocycles. The van der Waals surface area contributed by atoms with E-state index < -0.39 is 0 Å². The summed E-state index contributed by atoms with van der Waals surface area (Å²) in [5.74, 6) is 0.836. The Morgan fingerprint density at radius 1 is 1.50 bits per heavy atom. The Morgan fingerprint density at radius 2 is 2.10 bits per heavy atom. The van der Waals surface area contributed by atoms with Crippen LogP contribution in [-0.4, -0.2) is 9.97 Å². The fourth-order valence-electron chi connectivity index (χ4n) is 0.568. The molecule has 0 aliphatic rings. The van der Waals surface area contributed by atoms with Crippen LogP contribution < -0.4 is 0 Å². The maximum Gasteiger partial charge on any atom is 0.141 e. The summed E-state index contributed by atoms with van der Waals surface area (Å²) in [7, 11) is 1.45. The molecule has 1 aromatic heterocycles. The Bertz CT molecular complexity index is 190. The molecule has 2 nitrogen and oxygen atoms in total. The highest BCUT2D eigenvalue weighted by Gasteiger charge is 2.04. The molecule has 0 spiro atoms. The minimum absolute atomic E-state index is 0.268. The Kier molecular flexibility index (Phi) is 3.02. The molecular formula is C6H8N2S2. The summed E-state index contributed by atoms with van der Waals surface area (Å²) < 4.78 is 0. The first-order chi connectivity index (χ1) is 4.84. The average molecular weight is 172 g/mol. The molecule has 0 saturated heterocycles. The van der Waals surface area contributed by atoms with Crippen molar-refractivity contribution in [1.82, 2.24) is 9.97 Å². The van der Waals surface area contributed by atoms with E-state index in [1.165, 1.54) is 10.8 Å². The topological polar surface area (TPSA) is 25.8 Å². The van der Waals surface area contributed by atoms with Crippen LogP contribution in [0, 0.1) is 0 Å². The van der Waals surface area contributed by atoms with Gasteiger partial charge in [0.1, 0.15) is 5.82 Å². The lowest BCUT2D eigenvalue weighted by molar-refractivity contribution is 0.923. The third-order valence-corrected chi connectivity index (χ3v) is 2.58. The first-order valence-corrected chi connectivity index (χ1v) is 4.85. The molecule has 0 N–H and O–H groups in total. The first-order valence-electron chi connectivity index (χ1n) is 2.91. The molecule has 1 rings (SSSR count). The van der Waals surface area contributed by atoms with E-state index >= 15 is 0 Å². The second-order valence-corrected chi connectivity index (χ2v) is 3.41. The molecule has 0 fully saturated rings. The van der Waals surface area contributed by atoms with Crippen LogP contribution in [0.25, 0.3) is 0 Å². The van der Waals surface area contributed by atoms with Gasteiger partial charge in [0, 0.05) is 12.4 Å². The number of aromatic nitrogens is 2. The van der Waals surface area contributed by atoms with Crippen molar-refractivity contribution in [2.75, 3.05) is 0 Å². The van der Waals surface area contributed by atoms with Crippen molar-refractivity contribution in [2.24, 2.45) is 0 Å². The van der Waals surface area contributed by atoms with Crippen molar-refractivity contribution in [1.29, 1.82) is 0 Å². The summed E-state index contributed by atoms with van der Waals surface area (Å²) in [4.78, 5) is 8.14. The zero-order valence-electron chi connectivity index (χ0n) is 5.56. The highest BCUT2D eigenvalue weighted by Crippen LogP contribution is 2.27. The zero-order valence-corrected chi connectivity index (χ0v) is 7.27. The molecule has 0 aliphatic heterocycles. The Morgan fingerprint density at radius 3 is 2.60 bits per heavy atom. The van der Waals surface area contributed by atoms with E-state index in [4.69, 9.17) is 0 Å². The molecule has 10 heavy (non-hydrogen) atoms. The molecule has 0 radical (unpaired) electrons. The maximum atomic E-state index is 4.07. The van der Waals surface area contributed by atoms with Crippen molar-refractivity contribution in [3.8, 4) is 0 Å². The largest absolute Gasteiger partial charge is 0.240 e. The van der Waals surface area contributed by atoms with Crippen LogP contribution in [0.1, 0.15) is 18.0 Å². The molecule has 0 amide bonds. The van der Waals surface area contributed by atoms with Gasteiger partial charge in [0.25, 0.3) is 0 Å². The van der Waals surface area contributed by atoms with E-state index in [0.29, 0.717) is 0 Å². The Balaban J connectivity index is 2.75. The number of thiol groups is 1. The van der Waals surface area contributed by atoms with Gasteiger partial charge < -0.3 is 0 Å². The lowest BCUT2D eigenvalue weighted by Crippen LogP contribution is -1.93. The van der Waals surface area contributed by atoms with E-state index in [-0.39, 0.29) is 5.25 Å². The van der Waals surface area contributed by atoms with Gasteiger partial charge in [-0.25, -0.2) is 9.97 Å². The second kappa shape index (κ2) is 3.83. The smallest absolute Gasteiger partial charge is 0.141 e. The highest BCUT2D eigenvalue weighted by atomic mass is 33.1. The van der Waals surface area contributed by atoms with Gasteiger partial charge in [-0.05, 0) is 13.0 Å². The molecule has 0 saturated carbocycles. The average Bonchev–Trinajstić information content (AvgIpc) is 2.05. The van der Waals surface area contributed by atoms with Gasteiger partial charge in [-0.2, -0.15) is 0 Å². The molecular weight excluding hydrogens is 164 g/mol. The molecule has 1 atom stereocenters. The van der Waals surface area contributed by atoms with Crippen LogP contribution in [-0.2, 0) is 0 Å². The summed E-state index contributed by atoms with van der Waals surface area (Å²) in [6.45, 7) is 2.02. The Hall–Kier alpha value is -0.220. The molecule has 0 aromatic carbocycles. The molecule has 54 valence electrons. The van der Waals surface area contributed by atoms with Crippen molar-refractivity contribution in [3.63, 3.8) is 0 Å². The normalized spacial score (nSPS) is 13.0. The van der Waals surface area contributed by atoms with E-state index in [2.05, 4.69) is 21.6 Å². The fourth-order valence-corrected chi connectivity index (χ4v) is 1.07. The predicted molar refractivity (Wildman–Crippen MR) is 47.0 cm³/mol. The third-order valence-electron chi connectivity index (χ3n) is 1.11. The SMILES string of the molecule is CC(SS)c1ncccn1. The van der Waals surface area contributed by atoms with Crippen LogP contribution in [0.2, 0.25) is 0 Å². The van der Waals surface area contributed by atoms with E-state index in [0.717, 1.165) is 5.82 Å². The van der Waals surface area contributed by atoms with Crippen LogP contribution in [0.5, 0.6) is 0 Å². The van der Waals surface area contributed by atoms with Crippen LogP contribution in [0.3, 0.4) is 0 Å². The van der Waals surface area contributed by atoms with Gasteiger partial charge in [-0.1, -0.05) is 10.8 Å². The standard InChI is InChI=1S/C6H8N2S2/c1-5(10-9)6-7-3-2-4-8-6/h2-5,9H,1H3. The van der Waals surface area contributed by atoms with Gasteiger partial charge in [-0.15, -0.1) is 11.7 Å². The first kappa shape index (κ1) is 7.88. The lowest BCUT2D eigenvalue weighted by atomic mass is 10.4. The minimum Gasteiger partial charge on any atom is -0.240 e. The number of nitrogens with zero attached hydrogens (tertiary/aromatic N) is 2. The van der Waals surface area contributed by atoms with E-state index in [1.54, 1.807) is 18.5 Å². The maximum absolute atomic E-state index is 4.07. The number of rotatable bonds is 2. The Labute approximate surface area is 69.3 Å². The fraction of sp³-hybridized carbons (Fsp3) is 0.333. The lowest BCUT2D eigenvalue weighted by Gasteiger charge is -2.02. The zero-order chi connectivity index (χ0) is 7.40. The summed E-state index contributed by atoms with van der Waals surface area (Å²) in [6, 6.07) is 1.80. The second-order valence-electron chi connectivity index (χ2n) is 1.85. The van der Waals surface area contributed by atoms with Crippen LogP contribution in [0.15, 0.2) is 18.5 Å². The van der Waals surface area contributed by atoms with Crippen molar-refractivity contribution in [3.05, 3.63) is 24.3 Å². The quantitative estimate of drug-likeness (QED) is 0.546. The molecule has 1 aromatic rings. The highest BCUT2D eigenvalue weighted by molar-refractivity contribution is 8.68. The third kappa shape index (κ3) is 1.88. The molecule has 0 aliphatic carbocycles. The van der Waals surface area contributed by atoms with Gasteiger partial charge >= 0.3 is 0 Å². The predicted octanol–water partition coefficient (Wildman–Crippen LogP) is 2.12. The number of hydrogen-bond donors (Lipinski definition) is 1. The van der Waals surface area contributed by atoms with E-state index in [1.807, 2.05) is 6.92 Å².